The lowest BCUT2D eigenvalue weighted by Gasteiger charge is -2.31. The molecular weight excluding hydrogens is 381 g/mol. The van der Waals surface area contributed by atoms with Crippen molar-refractivity contribution in [3.05, 3.63) is 47.9 Å². The number of nitrogens with one attached hydrogen (secondary N) is 1. The molecule has 8 heteroatoms. The van der Waals surface area contributed by atoms with Crippen LogP contribution in [0.2, 0.25) is 0 Å². The largest absolute Gasteiger partial charge is 0.438 e. The highest BCUT2D eigenvalue weighted by Crippen LogP contribution is 2.27. The number of nitrogens with zero attached hydrogens (tertiary/aromatic N) is 2. The number of likely N-dealkylation sites (tertiary alicyclic amines) is 1. The molecule has 1 aromatic heterocycles. The number of aromatic nitrogens is 1. The van der Waals surface area contributed by atoms with Gasteiger partial charge in [-0.25, -0.2) is 9.37 Å². The molecule has 1 fully saturated rings. The molecular formula is C20H22FN3O3S. The molecule has 0 unspecified atom stereocenters. The highest BCUT2D eigenvalue weighted by atomic mass is 32.2. The molecule has 2 aromatic rings. The number of amides is 2. The molecule has 0 bridgehead atoms. The van der Waals surface area contributed by atoms with Crippen LogP contribution in [-0.4, -0.2) is 47.1 Å². The summed E-state index contributed by atoms with van der Waals surface area (Å²) in [5, 5.41) is 2.90. The lowest BCUT2D eigenvalue weighted by atomic mass is 10.0. The number of rotatable bonds is 5. The minimum absolute atomic E-state index is 0.0299. The van der Waals surface area contributed by atoms with Gasteiger partial charge in [-0.05, 0) is 43.4 Å². The molecule has 28 heavy (non-hydrogen) atoms. The predicted molar refractivity (Wildman–Crippen MR) is 105 cm³/mol. The number of piperidine rings is 1. The molecule has 0 aliphatic carbocycles. The summed E-state index contributed by atoms with van der Waals surface area (Å²) < 4.78 is 19.5. The minimum Gasteiger partial charge on any atom is -0.438 e. The van der Waals surface area contributed by atoms with Crippen molar-refractivity contribution < 1.29 is 18.7 Å². The zero-order valence-electron chi connectivity index (χ0n) is 15.8. The topological polar surface area (TPSA) is 71.5 Å². The van der Waals surface area contributed by atoms with Gasteiger partial charge in [-0.1, -0.05) is 6.07 Å². The quantitative estimate of drug-likeness (QED) is 0.774. The zero-order valence-corrected chi connectivity index (χ0v) is 16.6. The molecule has 2 heterocycles. The number of carbonyl (C=O) groups excluding carboxylic acids is 2. The first-order valence-corrected chi connectivity index (χ1v) is 10.2. The maximum Gasteiger partial charge on any atom is 0.257 e. The summed E-state index contributed by atoms with van der Waals surface area (Å²) in [7, 11) is 0. The van der Waals surface area contributed by atoms with Crippen LogP contribution in [0.1, 0.15) is 30.1 Å². The number of hydrogen-bond donors (Lipinski definition) is 1. The van der Waals surface area contributed by atoms with Crippen molar-refractivity contribution >= 4 is 23.6 Å². The Labute approximate surface area is 167 Å². The van der Waals surface area contributed by atoms with E-state index >= 15 is 0 Å². The Kier molecular flexibility index (Phi) is 6.51. The smallest absolute Gasteiger partial charge is 0.257 e. The molecule has 1 aliphatic heterocycles. The Balaban J connectivity index is 1.73. The molecule has 0 saturated carbocycles. The Hall–Kier alpha value is -2.61. The van der Waals surface area contributed by atoms with Gasteiger partial charge in [-0.15, -0.1) is 11.8 Å². The average molecular weight is 403 g/mol. The summed E-state index contributed by atoms with van der Waals surface area (Å²) in [6.07, 6.45) is 4.28. The van der Waals surface area contributed by atoms with E-state index < -0.39 is 11.7 Å². The number of ether oxygens (including phenoxy) is 1. The van der Waals surface area contributed by atoms with E-state index in [1.54, 1.807) is 22.7 Å². The van der Waals surface area contributed by atoms with E-state index in [4.69, 9.17) is 4.74 Å². The van der Waals surface area contributed by atoms with Gasteiger partial charge in [-0.3, -0.25) is 9.59 Å². The van der Waals surface area contributed by atoms with E-state index in [2.05, 4.69) is 10.3 Å². The van der Waals surface area contributed by atoms with Crippen LogP contribution in [0.4, 0.5) is 4.39 Å². The van der Waals surface area contributed by atoms with Gasteiger partial charge < -0.3 is 15.0 Å². The van der Waals surface area contributed by atoms with Crippen LogP contribution in [0.25, 0.3) is 0 Å². The summed E-state index contributed by atoms with van der Waals surface area (Å²) in [5.74, 6) is -0.443. The highest BCUT2D eigenvalue weighted by molar-refractivity contribution is 7.98. The lowest BCUT2D eigenvalue weighted by Crippen LogP contribution is -2.46. The molecule has 2 amide bonds. The standard InChI is InChI=1S/C20H22FN3O3S/c1-13(25)24-8-6-15(7-9-24)23-19(26)18-10-14(21)12-22-20(18)27-16-4-3-5-17(11-16)28-2/h3-5,10-12,15H,6-9H2,1-2H3,(H,23,26). The highest BCUT2D eigenvalue weighted by Gasteiger charge is 2.24. The van der Waals surface area contributed by atoms with Crippen LogP contribution in [0.3, 0.4) is 0 Å². The van der Waals surface area contributed by atoms with Crippen LogP contribution in [0.15, 0.2) is 41.4 Å². The van der Waals surface area contributed by atoms with Crippen LogP contribution >= 0.6 is 11.8 Å². The molecule has 1 saturated heterocycles. The van der Waals surface area contributed by atoms with Crippen LogP contribution in [-0.2, 0) is 4.79 Å². The second-order valence-electron chi connectivity index (χ2n) is 6.54. The van der Waals surface area contributed by atoms with E-state index in [1.807, 2.05) is 24.5 Å². The van der Waals surface area contributed by atoms with Gasteiger partial charge in [0.1, 0.15) is 17.1 Å². The fourth-order valence-corrected chi connectivity index (χ4v) is 3.50. The number of benzene rings is 1. The predicted octanol–water partition coefficient (Wildman–Crippen LogP) is 3.48. The minimum atomic E-state index is -0.609. The van der Waals surface area contributed by atoms with Gasteiger partial charge in [0.2, 0.25) is 11.8 Å². The summed E-state index contributed by atoms with van der Waals surface area (Å²) in [6.45, 7) is 2.71. The Morgan fingerprint density at radius 2 is 2.04 bits per heavy atom. The number of halogens is 1. The molecule has 3 rings (SSSR count). The molecule has 1 aliphatic rings. The molecule has 1 aromatic carbocycles. The Bertz CT molecular complexity index is 870. The van der Waals surface area contributed by atoms with E-state index in [9.17, 15) is 14.0 Å². The third kappa shape index (κ3) is 5.01. The van der Waals surface area contributed by atoms with Gasteiger partial charge >= 0.3 is 0 Å². The van der Waals surface area contributed by atoms with Gasteiger partial charge in [-0.2, -0.15) is 0 Å². The number of thioether (sulfide) groups is 1. The summed E-state index contributed by atoms with van der Waals surface area (Å²) >= 11 is 1.56. The normalized spacial score (nSPS) is 14.6. The first-order chi connectivity index (χ1) is 13.5. The number of pyridine rings is 1. The molecule has 0 atom stereocenters. The van der Waals surface area contributed by atoms with Crippen molar-refractivity contribution in [2.45, 2.75) is 30.7 Å². The van der Waals surface area contributed by atoms with Crippen molar-refractivity contribution in [2.24, 2.45) is 0 Å². The van der Waals surface area contributed by atoms with Crippen LogP contribution < -0.4 is 10.1 Å². The van der Waals surface area contributed by atoms with E-state index in [0.717, 1.165) is 17.2 Å². The molecule has 148 valence electrons. The molecule has 1 N–H and O–H groups in total. The van der Waals surface area contributed by atoms with Crippen LogP contribution in [0.5, 0.6) is 11.6 Å². The maximum absolute atomic E-state index is 13.7. The van der Waals surface area contributed by atoms with Crippen molar-refractivity contribution in [2.75, 3.05) is 19.3 Å². The van der Waals surface area contributed by atoms with E-state index in [-0.39, 0.29) is 23.4 Å². The molecule has 0 radical (unpaired) electrons. The second kappa shape index (κ2) is 9.05. The van der Waals surface area contributed by atoms with Crippen molar-refractivity contribution in [3.8, 4) is 11.6 Å². The van der Waals surface area contributed by atoms with Gasteiger partial charge in [0.15, 0.2) is 0 Å². The summed E-state index contributed by atoms with van der Waals surface area (Å²) in [6, 6.07) is 8.41. The lowest BCUT2D eigenvalue weighted by molar-refractivity contribution is -0.129. The molecule has 0 spiro atoms. The van der Waals surface area contributed by atoms with E-state index in [1.165, 1.54) is 6.92 Å². The fraction of sp³-hybridized carbons (Fsp3) is 0.350. The SMILES string of the molecule is CSc1cccc(Oc2ncc(F)cc2C(=O)NC2CCN(C(C)=O)CC2)c1. The number of hydrogen-bond acceptors (Lipinski definition) is 5. The van der Waals surface area contributed by atoms with Crippen molar-refractivity contribution in [1.29, 1.82) is 0 Å². The number of carbonyl (C=O) groups is 2. The first-order valence-electron chi connectivity index (χ1n) is 9.00. The van der Waals surface area contributed by atoms with Crippen molar-refractivity contribution in [3.63, 3.8) is 0 Å². The Morgan fingerprint density at radius 1 is 1.29 bits per heavy atom. The van der Waals surface area contributed by atoms with Gasteiger partial charge in [0.05, 0.1) is 6.20 Å². The van der Waals surface area contributed by atoms with Crippen LogP contribution in [0, 0.1) is 5.82 Å². The van der Waals surface area contributed by atoms with Gasteiger partial charge in [0.25, 0.3) is 5.91 Å². The van der Waals surface area contributed by atoms with Crippen molar-refractivity contribution in [1.82, 2.24) is 15.2 Å². The third-order valence-corrected chi connectivity index (χ3v) is 5.32. The summed E-state index contributed by atoms with van der Waals surface area (Å²) in [4.78, 5) is 30.9. The second-order valence-corrected chi connectivity index (χ2v) is 7.42. The zero-order chi connectivity index (χ0) is 20.1. The van der Waals surface area contributed by atoms with E-state index in [0.29, 0.717) is 31.7 Å². The maximum atomic E-state index is 13.7. The average Bonchev–Trinajstić information content (AvgIpc) is 2.70. The third-order valence-electron chi connectivity index (χ3n) is 4.59. The first kappa shape index (κ1) is 20.1. The monoisotopic (exact) mass is 403 g/mol. The van der Waals surface area contributed by atoms with Gasteiger partial charge in [0, 0.05) is 31.0 Å². The summed E-state index contributed by atoms with van der Waals surface area (Å²) in [5.41, 5.74) is 0.0450. The fourth-order valence-electron chi connectivity index (χ4n) is 3.05. The molecule has 6 nitrogen and oxygen atoms in total. The Morgan fingerprint density at radius 3 is 2.71 bits per heavy atom.